The number of hydrogen-bond donors (Lipinski definition) is 2. The molecule has 10 nitrogen and oxygen atoms in total. The topological polar surface area (TPSA) is 137 Å². The van der Waals surface area contributed by atoms with Crippen LogP contribution < -0.4 is 10.6 Å². The lowest BCUT2D eigenvalue weighted by Gasteiger charge is -2.07. The number of carbonyl (C=O) groups excluding carboxylic acids is 4. The Morgan fingerprint density at radius 3 is 2.33 bits per heavy atom. The highest BCUT2D eigenvalue weighted by atomic mass is 32.1. The lowest BCUT2D eigenvalue weighted by atomic mass is 10.2. The maximum Gasteiger partial charge on any atom is 0.338 e. The lowest BCUT2D eigenvalue weighted by molar-refractivity contribution is -0.147. The number of ether oxygens (including phenoxy) is 2. The van der Waals surface area contributed by atoms with Crippen LogP contribution in [0.3, 0.4) is 0 Å². The fourth-order valence-corrected chi connectivity index (χ4v) is 2.85. The summed E-state index contributed by atoms with van der Waals surface area (Å²) < 4.78 is 9.77. The molecule has 0 fully saturated rings. The van der Waals surface area contributed by atoms with Crippen LogP contribution in [0, 0.1) is 6.92 Å². The molecule has 0 spiro atoms. The summed E-state index contributed by atoms with van der Waals surface area (Å²) in [5, 5.41) is 13.9. The number of nitrogens with one attached hydrogen (secondary N) is 2. The number of nitrogens with zero attached hydrogens (tertiary/aromatic N) is 2. The zero-order chi connectivity index (χ0) is 21.9. The van der Waals surface area contributed by atoms with Crippen molar-refractivity contribution in [1.82, 2.24) is 10.2 Å². The third-order valence-electron chi connectivity index (χ3n) is 3.60. The highest BCUT2D eigenvalue weighted by Crippen LogP contribution is 2.14. The van der Waals surface area contributed by atoms with Crippen LogP contribution in [-0.2, 0) is 23.9 Å². The fraction of sp³-hybridized carbons (Fsp3) is 0.368. The SMILES string of the molecule is CCOC(=O)c1ccc(NC(=O)COC(=O)CCCC(=O)Nc2nnc(C)s2)cc1. The first-order chi connectivity index (χ1) is 14.4. The van der Waals surface area contributed by atoms with Gasteiger partial charge in [-0.3, -0.25) is 14.4 Å². The predicted octanol–water partition coefficient (Wildman–Crippen LogP) is 2.31. The molecular formula is C19H22N4O6S. The second kappa shape index (κ2) is 11.6. The summed E-state index contributed by atoms with van der Waals surface area (Å²) in [5.41, 5.74) is 0.819. The molecule has 0 atom stereocenters. The lowest BCUT2D eigenvalue weighted by Crippen LogP contribution is -2.21. The predicted molar refractivity (Wildman–Crippen MR) is 109 cm³/mol. The zero-order valence-corrected chi connectivity index (χ0v) is 17.4. The number of benzene rings is 1. The molecule has 0 radical (unpaired) electrons. The molecule has 160 valence electrons. The first-order valence-corrected chi connectivity index (χ1v) is 10.0. The second-order valence-corrected chi connectivity index (χ2v) is 7.22. The first kappa shape index (κ1) is 22.9. The van der Waals surface area contributed by atoms with Crippen LogP contribution in [0.4, 0.5) is 10.8 Å². The number of aromatic nitrogens is 2. The van der Waals surface area contributed by atoms with Gasteiger partial charge in [-0.05, 0) is 44.5 Å². The number of aryl methyl sites for hydroxylation is 1. The minimum absolute atomic E-state index is 0.00405. The molecule has 2 N–H and O–H groups in total. The van der Waals surface area contributed by atoms with Crippen molar-refractivity contribution in [3.05, 3.63) is 34.8 Å². The van der Waals surface area contributed by atoms with Crippen molar-refractivity contribution in [2.75, 3.05) is 23.8 Å². The number of amides is 2. The van der Waals surface area contributed by atoms with Crippen molar-refractivity contribution >= 4 is 45.9 Å². The number of hydrogen-bond acceptors (Lipinski definition) is 9. The average Bonchev–Trinajstić information content (AvgIpc) is 3.11. The summed E-state index contributed by atoms with van der Waals surface area (Å²) in [7, 11) is 0. The van der Waals surface area contributed by atoms with Gasteiger partial charge in [0.15, 0.2) is 6.61 Å². The third-order valence-corrected chi connectivity index (χ3v) is 4.36. The van der Waals surface area contributed by atoms with Crippen molar-refractivity contribution in [1.29, 1.82) is 0 Å². The van der Waals surface area contributed by atoms with Crippen molar-refractivity contribution < 1.29 is 28.7 Å². The Bertz CT molecular complexity index is 897. The van der Waals surface area contributed by atoms with Gasteiger partial charge in [-0.25, -0.2) is 4.79 Å². The van der Waals surface area contributed by atoms with Gasteiger partial charge < -0.3 is 20.1 Å². The van der Waals surface area contributed by atoms with E-state index < -0.39 is 24.5 Å². The first-order valence-electron chi connectivity index (χ1n) is 9.20. The molecule has 0 aliphatic rings. The van der Waals surface area contributed by atoms with Crippen molar-refractivity contribution in [3.8, 4) is 0 Å². The molecule has 1 heterocycles. The van der Waals surface area contributed by atoms with Gasteiger partial charge in [0, 0.05) is 18.5 Å². The minimum Gasteiger partial charge on any atom is -0.462 e. The van der Waals surface area contributed by atoms with E-state index in [0.717, 1.165) is 5.01 Å². The van der Waals surface area contributed by atoms with Crippen LogP contribution in [0.2, 0.25) is 0 Å². The van der Waals surface area contributed by atoms with E-state index in [1.165, 1.54) is 23.5 Å². The molecule has 0 unspecified atom stereocenters. The molecule has 0 saturated heterocycles. The largest absolute Gasteiger partial charge is 0.462 e. The second-order valence-electron chi connectivity index (χ2n) is 6.03. The van der Waals surface area contributed by atoms with Crippen LogP contribution >= 0.6 is 11.3 Å². The van der Waals surface area contributed by atoms with Crippen LogP contribution in [-0.4, -0.2) is 47.2 Å². The van der Waals surface area contributed by atoms with E-state index in [4.69, 9.17) is 9.47 Å². The monoisotopic (exact) mass is 434 g/mol. The molecule has 1 aromatic heterocycles. The van der Waals surface area contributed by atoms with Gasteiger partial charge in [0.05, 0.1) is 12.2 Å². The summed E-state index contributed by atoms with van der Waals surface area (Å²) in [5.74, 6) is -1.82. The molecular weight excluding hydrogens is 412 g/mol. The third kappa shape index (κ3) is 7.95. The van der Waals surface area contributed by atoms with Gasteiger partial charge in [0.2, 0.25) is 11.0 Å². The minimum atomic E-state index is -0.581. The number of rotatable bonds is 10. The highest BCUT2D eigenvalue weighted by Gasteiger charge is 2.11. The quantitative estimate of drug-likeness (QED) is 0.544. The number of carbonyl (C=O) groups is 4. The van der Waals surface area contributed by atoms with E-state index in [-0.39, 0.29) is 31.8 Å². The molecule has 0 aliphatic heterocycles. The Kier molecular flexibility index (Phi) is 8.88. The molecule has 11 heteroatoms. The van der Waals surface area contributed by atoms with Gasteiger partial charge in [0.25, 0.3) is 5.91 Å². The molecule has 30 heavy (non-hydrogen) atoms. The Balaban J connectivity index is 1.63. The normalized spacial score (nSPS) is 10.2. The van der Waals surface area contributed by atoms with Crippen molar-refractivity contribution in [2.24, 2.45) is 0 Å². The van der Waals surface area contributed by atoms with E-state index in [1.54, 1.807) is 26.0 Å². The molecule has 2 aromatic rings. The summed E-state index contributed by atoms with van der Waals surface area (Å²) in [6, 6.07) is 6.13. The van der Waals surface area contributed by atoms with E-state index >= 15 is 0 Å². The van der Waals surface area contributed by atoms with E-state index in [9.17, 15) is 19.2 Å². The van der Waals surface area contributed by atoms with Gasteiger partial charge in [0.1, 0.15) is 5.01 Å². The maximum atomic E-state index is 11.9. The average molecular weight is 434 g/mol. The molecule has 0 aliphatic carbocycles. The molecule has 0 bridgehead atoms. The zero-order valence-electron chi connectivity index (χ0n) is 16.6. The van der Waals surface area contributed by atoms with Crippen LogP contribution in [0.15, 0.2) is 24.3 Å². The van der Waals surface area contributed by atoms with Gasteiger partial charge in [-0.15, -0.1) is 10.2 Å². The standard InChI is InChI=1S/C19H22N4O6S/c1-3-28-18(27)13-7-9-14(10-8-13)20-16(25)11-29-17(26)6-4-5-15(24)21-19-23-22-12(2)30-19/h7-10H,3-6,11H2,1-2H3,(H,20,25)(H,21,23,24). The van der Waals surface area contributed by atoms with Crippen molar-refractivity contribution in [3.63, 3.8) is 0 Å². The van der Waals surface area contributed by atoms with Crippen LogP contribution in [0.25, 0.3) is 0 Å². The highest BCUT2D eigenvalue weighted by molar-refractivity contribution is 7.15. The van der Waals surface area contributed by atoms with Gasteiger partial charge >= 0.3 is 11.9 Å². The Morgan fingerprint density at radius 2 is 1.70 bits per heavy atom. The fourth-order valence-electron chi connectivity index (χ4n) is 2.24. The van der Waals surface area contributed by atoms with E-state index in [2.05, 4.69) is 20.8 Å². The molecule has 1 aromatic carbocycles. The Morgan fingerprint density at radius 1 is 0.967 bits per heavy atom. The van der Waals surface area contributed by atoms with E-state index in [1.807, 2.05) is 0 Å². The smallest absolute Gasteiger partial charge is 0.338 e. The van der Waals surface area contributed by atoms with Crippen LogP contribution in [0.1, 0.15) is 41.6 Å². The maximum absolute atomic E-state index is 11.9. The summed E-state index contributed by atoms with van der Waals surface area (Å²) >= 11 is 1.26. The summed E-state index contributed by atoms with van der Waals surface area (Å²) in [6.07, 6.45) is 0.399. The Hall–Kier alpha value is -3.34. The molecule has 2 amide bonds. The molecule has 0 saturated carbocycles. The molecule has 2 rings (SSSR count). The summed E-state index contributed by atoms with van der Waals surface area (Å²) in [4.78, 5) is 46.9. The van der Waals surface area contributed by atoms with E-state index in [0.29, 0.717) is 16.4 Å². The number of esters is 2. The Labute approximate surface area is 177 Å². The van der Waals surface area contributed by atoms with Gasteiger partial charge in [-0.1, -0.05) is 11.3 Å². The number of anilines is 2. The van der Waals surface area contributed by atoms with Crippen molar-refractivity contribution in [2.45, 2.75) is 33.1 Å². The summed E-state index contributed by atoms with van der Waals surface area (Å²) in [6.45, 7) is 3.31. The van der Waals surface area contributed by atoms with Gasteiger partial charge in [-0.2, -0.15) is 0 Å². The van der Waals surface area contributed by atoms with Crippen LogP contribution in [0.5, 0.6) is 0 Å².